The molecule has 0 amide bonds. The topological polar surface area (TPSA) is 51.8 Å². The van der Waals surface area contributed by atoms with Gasteiger partial charge >= 0.3 is 0 Å². The predicted octanol–water partition coefficient (Wildman–Crippen LogP) is 1.63. The van der Waals surface area contributed by atoms with E-state index in [-0.39, 0.29) is 12.0 Å². The van der Waals surface area contributed by atoms with E-state index in [2.05, 4.69) is 24.0 Å². The average Bonchev–Trinajstić information content (AvgIpc) is 2.17. The lowest BCUT2D eigenvalue weighted by atomic mass is 9.97. The molecule has 0 bridgehead atoms. The number of nitrogens with zero attached hydrogens (tertiary/aromatic N) is 2. The van der Waals surface area contributed by atoms with E-state index in [0.717, 1.165) is 17.8 Å². The lowest BCUT2D eigenvalue weighted by Gasteiger charge is -2.16. The molecule has 0 saturated carbocycles. The van der Waals surface area contributed by atoms with Gasteiger partial charge in [-0.3, -0.25) is 0 Å². The normalized spacial score (nSPS) is 15.4. The molecule has 0 aliphatic heterocycles. The van der Waals surface area contributed by atoms with Crippen molar-refractivity contribution >= 4 is 0 Å². The monoisotopic (exact) mass is 179 g/mol. The minimum absolute atomic E-state index is 0.178. The molecule has 13 heavy (non-hydrogen) atoms. The molecule has 0 spiro atoms. The van der Waals surface area contributed by atoms with Crippen molar-refractivity contribution in [3.8, 4) is 0 Å². The van der Waals surface area contributed by atoms with Crippen molar-refractivity contribution in [3.05, 3.63) is 23.5 Å². The lowest BCUT2D eigenvalue weighted by molar-refractivity contribution is 0.535. The zero-order valence-corrected chi connectivity index (χ0v) is 8.49. The summed E-state index contributed by atoms with van der Waals surface area (Å²) < 4.78 is 0. The average molecular weight is 179 g/mol. The molecule has 1 aromatic rings. The van der Waals surface area contributed by atoms with Gasteiger partial charge in [0.05, 0.1) is 11.4 Å². The van der Waals surface area contributed by atoms with Crippen molar-refractivity contribution in [1.82, 2.24) is 10.2 Å². The molecule has 2 unspecified atom stereocenters. The van der Waals surface area contributed by atoms with E-state index >= 15 is 0 Å². The standard InChI is InChI=1S/C10H17N3/c1-4-9(11)8(3)10-6-5-7(2)12-13-10/h5-6,8-9H,4,11H2,1-3H3. The third-order valence-corrected chi connectivity index (χ3v) is 2.40. The van der Waals surface area contributed by atoms with Crippen molar-refractivity contribution in [2.24, 2.45) is 5.73 Å². The second kappa shape index (κ2) is 4.33. The van der Waals surface area contributed by atoms with Gasteiger partial charge in [0.2, 0.25) is 0 Å². The Hall–Kier alpha value is -0.960. The summed E-state index contributed by atoms with van der Waals surface area (Å²) >= 11 is 0. The minimum atomic E-state index is 0.178. The minimum Gasteiger partial charge on any atom is -0.327 e. The van der Waals surface area contributed by atoms with Crippen LogP contribution in [0.1, 0.15) is 37.6 Å². The summed E-state index contributed by atoms with van der Waals surface area (Å²) in [5.74, 6) is 0.290. The van der Waals surface area contributed by atoms with Gasteiger partial charge in [0.1, 0.15) is 0 Å². The number of aryl methyl sites for hydroxylation is 1. The SMILES string of the molecule is CCC(N)C(C)c1ccc(C)nn1. The summed E-state index contributed by atoms with van der Waals surface area (Å²) in [4.78, 5) is 0. The quantitative estimate of drug-likeness (QED) is 0.767. The number of aromatic nitrogens is 2. The van der Waals surface area contributed by atoms with Crippen LogP contribution in [0.25, 0.3) is 0 Å². The van der Waals surface area contributed by atoms with Crippen LogP contribution in [-0.2, 0) is 0 Å². The van der Waals surface area contributed by atoms with Crippen molar-refractivity contribution in [3.63, 3.8) is 0 Å². The highest BCUT2D eigenvalue weighted by Crippen LogP contribution is 2.16. The van der Waals surface area contributed by atoms with E-state index in [4.69, 9.17) is 5.73 Å². The Balaban J connectivity index is 2.77. The van der Waals surface area contributed by atoms with Crippen LogP contribution in [0.5, 0.6) is 0 Å². The summed E-state index contributed by atoms with van der Waals surface area (Å²) in [5, 5.41) is 8.13. The fourth-order valence-electron chi connectivity index (χ4n) is 1.22. The van der Waals surface area contributed by atoms with E-state index in [1.807, 2.05) is 19.1 Å². The second-order valence-corrected chi connectivity index (χ2v) is 3.46. The molecule has 0 aliphatic carbocycles. The smallest absolute Gasteiger partial charge is 0.0674 e. The first-order valence-electron chi connectivity index (χ1n) is 4.71. The molecule has 1 aromatic heterocycles. The Morgan fingerprint density at radius 1 is 1.38 bits per heavy atom. The predicted molar refractivity (Wildman–Crippen MR) is 53.5 cm³/mol. The summed E-state index contributed by atoms with van der Waals surface area (Å²) in [5.41, 5.74) is 7.85. The van der Waals surface area contributed by atoms with E-state index in [0.29, 0.717) is 0 Å². The molecule has 3 nitrogen and oxygen atoms in total. The van der Waals surface area contributed by atoms with E-state index < -0.39 is 0 Å². The number of nitrogens with two attached hydrogens (primary N) is 1. The van der Waals surface area contributed by atoms with Crippen LogP contribution in [0.3, 0.4) is 0 Å². The largest absolute Gasteiger partial charge is 0.327 e. The first-order valence-corrected chi connectivity index (χ1v) is 4.71. The van der Waals surface area contributed by atoms with Crippen LogP contribution in [0.15, 0.2) is 12.1 Å². The van der Waals surface area contributed by atoms with Gasteiger partial charge in [0.25, 0.3) is 0 Å². The molecule has 3 heteroatoms. The van der Waals surface area contributed by atoms with E-state index in [9.17, 15) is 0 Å². The van der Waals surface area contributed by atoms with Crippen LogP contribution in [0, 0.1) is 6.92 Å². The molecule has 0 saturated heterocycles. The Morgan fingerprint density at radius 3 is 2.54 bits per heavy atom. The summed E-state index contributed by atoms with van der Waals surface area (Å²) in [6, 6.07) is 4.15. The lowest BCUT2D eigenvalue weighted by Crippen LogP contribution is -2.26. The summed E-state index contributed by atoms with van der Waals surface area (Å²) in [6.45, 7) is 6.11. The maximum Gasteiger partial charge on any atom is 0.0674 e. The van der Waals surface area contributed by atoms with Crippen LogP contribution in [-0.4, -0.2) is 16.2 Å². The molecule has 1 rings (SSSR count). The number of hydrogen-bond acceptors (Lipinski definition) is 3. The summed E-state index contributed by atoms with van der Waals surface area (Å²) in [6.07, 6.45) is 0.969. The van der Waals surface area contributed by atoms with Crippen LogP contribution >= 0.6 is 0 Å². The Labute approximate surface area is 79.4 Å². The van der Waals surface area contributed by atoms with Gasteiger partial charge in [0.15, 0.2) is 0 Å². The van der Waals surface area contributed by atoms with Gasteiger partial charge in [-0.05, 0) is 25.5 Å². The molecule has 1 heterocycles. The number of rotatable bonds is 3. The van der Waals surface area contributed by atoms with Crippen LogP contribution < -0.4 is 5.73 Å². The van der Waals surface area contributed by atoms with E-state index in [1.165, 1.54) is 0 Å². The molecular formula is C10H17N3. The van der Waals surface area contributed by atoms with Crippen molar-refractivity contribution in [2.75, 3.05) is 0 Å². The fourth-order valence-corrected chi connectivity index (χ4v) is 1.22. The highest BCUT2D eigenvalue weighted by atomic mass is 15.1. The first kappa shape index (κ1) is 10.1. The van der Waals surface area contributed by atoms with Crippen molar-refractivity contribution in [1.29, 1.82) is 0 Å². The van der Waals surface area contributed by atoms with Gasteiger partial charge in [-0.25, -0.2) is 0 Å². The summed E-state index contributed by atoms with van der Waals surface area (Å²) in [7, 11) is 0. The molecule has 0 aliphatic rings. The van der Waals surface area contributed by atoms with Crippen molar-refractivity contribution in [2.45, 2.75) is 39.2 Å². The third-order valence-electron chi connectivity index (χ3n) is 2.40. The zero-order chi connectivity index (χ0) is 9.84. The van der Waals surface area contributed by atoms with Gasteiger partial charge in [-0.15, -0.1) is 0 Å². The molecule has 0 fully saturated rings. The molecule has 2 N–H and O–H groups in total. The highest BCUT2D eigenvalue weighted by molar-refractivity contribution is 5.11. The third kappa shape index (κ3) is 2.49. The van der Waals surface area contributed by atoms with Gasteiger partial charge in [0, 0.05) is 12.0 Å². The van der Waals surface area contributed by atoms with Crippen LogP contribution in [0.4, 0.5) is 0 Å². The molecule has 2 atom stereocenters. The molecule has 0 radical (unpaired) electrons. The molecule has 72 valence electrons. The Bertz CT molecular complexity index is 255. The molecule has 0 aromatic carbocycles. The number of hydrogen-bond donors (Lipinski definition) is 1. The fraction of sp³-hybridized carbons (Fsp3) is 0.600. The van der Waals surface area contributed by atoms with E-state index in [1.54, 1.807) is 0 Å². The van der Waals surface area contributed by atoms with Crippen molar-refractivity contribution < 1.29 is 0 Å². The van der Waals surface area contributed by atoms with Gasteiger partial charge in [-0.1, -0.05) is 13.8 Å². The maximum absolute atomic E-state index is 5.92. The van der Waals surface area contributed by atoms with Gasteiger partial charge in [-0.2, -0.15) is 10.2 Å². The maximum atomic E-state index is 5.92. The zero-order valence-electron chi connectivity index (χ0n) is 8.49. The second-order valence-electron chi connectivity index (χ2n) is 3.46. The Kier molecular flexibility index (Phi) is 3.37. The first-order chi connectivity index (χ1) is 6.15. The molecular weight excluding hydrogens is 162 g/mol. The van der Waals surface area contributed by atoms with Crippen LogP contribution in [0.2, 0.25) is 0 Å². The van der Waals surface area contributed by atoms with Gasteiger partial charge < -0.3 is 5.73 Å². The Morgan fingerprint density at radius 2 is 2.08 bits per heavy atom. The highest BCUT2D eigenvalue weighted by Gasteiger charge is 2.14.